The number of pyridine rings is 1. The maximum atomic E-state index is 6.64. The van der Waals surface area contributed by atoms with Gasteiger partial charge in [0.1, 0.15) is 5.82 Å². The Kier molecular flexibility index (Phi) is 7.72. The molecular weight excluding hydrogens is 709 g/mol. The van der Waals surface area contributed by atoms with Crippen molar-refractivity contribution < 1.29 is 4.94 Å². The second-order valence-electron chi connectivity index (χ2n) is 15.9. The summed E-state index contributed by atoms with van der Waals surface area (Å²) in [5.74, 6) is 0.895. The molecule has 0 amide bonds. The predicted octanol–water partition coefficient (Wildman–Crippen LogP) is 13.0. The normalized spacial score (nSPS) is 14.0. The molecule has 2 aromatic heterocycles. The highest BCUT2D eigenvalue weighted by Crippen LogP contribution is 2.57. The summed E-state index contributed by atoms with van der Waals surface area (Å²) in [5.41, 5.74) is 17.0. The van der Waals surface area contributed by atoms with E-state index in [0.717, 1.165) is 39.5 Å². The number of anilines is 3. The zero-order chi connectivity index (χ0) is 39.1. The van der Waals surface area contributed by atoms with Gasteiger partial charge in [0.05, 0.1) is 39.6 Å². The number of hydrogen-bond donors (Lipinski definition) is 0. The Morgan fingerprint density at radius 3 is 1.95 bits per heavy atom. The van der Waals surface area contributed by atoms with Gasteiger partial charge in [0.25, 0.3) is 0 Å². The van der Waals surface area contributed by atoms with Gasteiger partial charge in [0.2, 0.25) is 0 Å². The second kappa shape index (κ2) is 13.1. The van der Waals surface area contributed by atoms with Crippen LogP contribution in [0.1, 0.15) is 47.2 Å². The number of para-hydroxylation sites is 3. The lowest BCUT2D eigenvalue weighted by molar-refractivity contribution is 0.112. The van der Waals surface area contributed by atoms with Crippen LogP contribution in [-0.4, -0.2) is 15.6 Å². The average Bonchev–Trinajstić information content (AvgIpc) is 3.91. The number of aromatic nitrogens is 2. The Hall–Kier alpha value is -6.95. The van der Waals surface area contributed by atoms with Crippen LogP contribution in [0.4, 0.5) is 17.1 Å². The molecule has 0 radical (unpaired) electrons. The van der Waals surface area contributed by atoms with Crippen LogP contribution in [0.3, 0.4) is 0 Å². The summed E-state index contributed by atoms with van der Waals surface area (Å²) in [4.78, 5) is 11.7. The number of benzene rings is 7. The van der Waals surface area contributed by atoms with Crippen molar-refractivity contribution >= 4 is 38.9 Å². The monoisotopic (exact) mass is 750 g/mol. The zero-order valence-electron chi connectivity index (χ0n) is 33.0. The minimum atomic E-state index is -0.636. The first-order valence-electron chi connectivity index (χ1n) is 20.2. The van der Waals surface area contributed by atoms with E-state index in [2.05, 4.69) is 202 Å². The fraction of sp³-hybridized carbons (Fsp3) is 0.113. The molecule has 3 heterocycles. The van der Waals surface area contributed by atoms with Crippen LogP contribution in [0, 0.1) is 13.8 Å². The number of aryl methyl sites for hydroxylation is 2. The first-order valence-corrected chi connectivity index (χ1v) is 20.2. The van der Waals surface area contributed by atoms with Crippen molar-refractivity contribution in [2.24, 2.45) is 0 Å². The first kappa shape index (κ1) is 34.3. The lowest BCUT2D eigenvalue weighted by atomic mass is 9.67. The van der Waals surface area contributed by atoms with Crippen LogP contribution in [0.5, 0.6) is 0 Å². The number of rotatable bonds is 6. The molecule has 0 atom stereocenters. The van der Waals surface area contributed by atoms with Gasteiger partial charge in [-0.05, 0) is 132 Å². The van der Waals surface area contributed by atoms with Crippen molar-refractivity contribution in [2.75, 3.05) is 10.1 Å². The zero-order valence-corrected chi connectivity index (χ0v) is 33.0. The first-order chi connectivity index (χ1) is 28.4. The highest BCUT2D eigenvalue weighted by Gasteiger charge is 2.46. The van der Waals surface area contributed by atoms with Crippen LogP contribution >= 0.6 is 0 Å². The molecule has 1 aliphatic carbocycles. The summed E-state index contributed by atoms with van der Waals surface area (Å²) < 4.78 is 2.36. The van der Waals surface area contributed by atoms with Crippen molar-refractivity contribution in [3.05, 3.63) is 209 Å². The van der Waals surface area contributed by atoms with Crippen molar-refractivity contribution in [3.8, 4) is 28.1 Å². The smallest absolute Gasteiger partial charge is 0.138 e. The molecule has 5 heteroatoms. The van der Waals surface area contributed by atoms with Gasteiger partial charge in [-0.1, -0.05) is 121 Å². The minimum Gasteiger partial charge on any atom is -0.294 e. The number of hydrogen-bond acceptors (Lipinski definition) is 4. The molecule has 0 saturated carbocycles. The lowest BCUT2D eigenvalue weighted by Gasteiger charge is -2.34. The molecule has 5 nitrogen and oxygen atoms in total. The van der Waals surface area contributed by atoms with E-state index in [-0.39, 0.29) is 6.04 Å². The van der Waals surface area contributed by atoms with Crippen LogP contribution in [-0.2, 0) is 10.4 Å². The third kappa shape index (κ3) is 4.90. The van der Waals surface area contributed by atoms with Gasteiger partial charge in [-0.25, -0.2) is 10.0 Å². The van der Waals surface area contributed by atoms with Gasteiger partial charge in [-0.3, -0.25) is 4.57 Å². The van der Waals surface area contributed by atoms with E-state index in [0.29, 0.717) is 0 Å². The largest absolute Gasteiger partial charge is 0.294 e. The number of hydroxylamine groups is 1. The molecule has 0 saturated heterocycles. The molecule has 0 bridgehead atoms. The fourth-order valence-electron chi connectivity index (χ4n) is 9.86. The Morgan fingerprint density at radius 2 is 1.19 bits per heavy atom. The van der Waals surface area contributed by atoms with Gasteiger partial charge >= 0.3 is 0 Å². The standard InChI is InChI=1S/C53H42N4O/c1-34(2)56-48-25-11-12-26-49(48)57(58-56)40-18-14-17-38(32-40)53(45-22-8-5-19-41(45)42-20-6-9-23-46(42)53)39-27-28-44-43-21-7-10-24-47(43)55(50(44)33-39)51-31-37(29-30-54-51)52-35(3)15-13-16-36(52)4/h5-34H,1-4H3. The van der Waals surface area contributed by atoms with E-state index in [4.69, 9.17) is 9.92 Å². The Balaban J connectivity index is 1.18. The van der Waals surface area contributed by atoms with E-state index in [1.54, 1.807) is 0 Å². The molecule has 280 valence electrons. The lowest BCUT2D eigenvalue weighted by Crippen LogP contribution is -2.31. The van der Waals surface area contributed by atoms with Gasteiger partial charge in [0, 0.05) is 17.0 Å². The van der Waals surface area contributed by atoms with Crippen molar-refractivity contribution in [1.29, 1.82) is 0 Å². The Morgan fingerprint density at radius 1 is 0.552 bits per heavy atom. The molecule has 0 spiro atoms. The molecule has 0 fully saturated rings. The molecule has 9 aromatic rings. The Bertz CT molecular complexity index is 3020. The highest BCUT2D eigenvalue weighted by molar-refractivity contribution is 6.09. The highest BCUT2D eigenvalue weighted by atomic mass is 16.8. The maximum Gasteiger partial charge on any atom is 0.138 e. The van der Waals surface area contributed by atoms with E-state index in [1.165, 1.54) is 60.8 Å². The molecule has 2 aliphatic rings. The van der Waals surface area contributed by atoms with Crippen molar-refractivity contribution in [1.82, 2.24) is 9.55 Å². The SMILES string of the molecule is Cc1cccc(C)c1-c1ccnc(-n2c3ccccc3c3ccc(C4(c5cccc(N6ON(C(C)C)c7ccccc76)c5)c5ccccc5-c5ccccc54)cc32)c1. The minimum absolute atomic E-state index is 0.156. The summed E-state index contributed by atoms with van der Waals surface area (Å²) in [5, 5.41) is 6.37. The van der Waals surface area contributed by atoms with Gasteiger partial charge in [0.15, 0.2) is 0 Å². The topological polar surface area (TPSA) is 33.5 Å². The third-order valence-electron chi connectivity index (χ3n) is 12.3. The van der Waals surface area contributed by atoms with E-state index in [1.807, 2.05) is 16.3 Å². The molecule has 11 rings (SSSR count). The molecule has 0 N–H and O–H groups in total. The average molecular weight is 751 g/mol. The summed E-state index contributed by atoms with van der Waals surface area (Å²) in [6.07, 6.45) is 1.95. The van der Waals surface area contributed by atoms with Crippen LogP contribution in [0.15, 0.2) is 176 Å². The summed E-state index contributed by atoms with van der Waals surface area (Å²) in [6, 6.07) is 62.1. The van der Waals surface area contributed by atoms with Gasteiger partial charge < -0.3 is 0 Å². The summed E-state index contributed by atoms with van der Waals surface area (Å²) in [6.45, 7) is 8.69. The van der Waals surface area contributed by atoms with Gasteiger partial charge in [-0.15, -0.1) is 4.94 Å². The van der Waals surface area contributed by atoms with E-state index >= 15 is 0 Å². The maximum absolute atomic E-state index is 6.64. The van der Waals surface area contributed by atoms with Crippen LogP contribution in [0.25, 0.3) is 49.9 Å². The molecular formula is C53H42N4O. The number of nitrogens with zero attached hydrogens (tertiary/aromatic N) is 4. The van der Waals surface area contributed by atoms with Crippen molar-refractivity contribution in [2.45, 2.75) is 39.2 Å². The fourth-order valence-corrected chi connectivity index (χ4v) is 9.86. The molecule has 58 heavy (non-hydrogen) atoms. The molecule has 7 aromatic carbocycles. The van der Waals surface area contributed by atoms with Crippen LogP contribution in [0.2, 0.25) is 0 Å². The Labute approximate surface area is 338 Å². The quantitative estimate of drug-likeness (QED) is 0.169. The number of fused-ring (bicyclic) bond motifs is 7. The summed E-state index contributed by atoms with van der Waals surface area (Å²) >= 11 is 0. The van der Waals surface area contributed by atoms with Crippen molar-refractivity contribution in [3.63, 3.8) is 0 Å². The predicted molar refractivity (Wildman–Crippen MR) is 238 cm³/mol. The van der Waals surface area contributed by atoms with Gasteiger partial charge in [-0.2, -0.15) is 5.06 Å². The van der Waals surface area contributed by atoms with E-state index in [9.17, 15) is 0 Å². The second-order valence-corrected chi connectivity index (χ2v) is 15.9. The molecule has 1 aliphatic heterocycles. The summed E-state index contributed by atoms with van der Waals surface area (Å²) in [7, 11) is 0. The third-order valence-corrected chi connectivity index (χ3v) is 12.3. The molecule has 0 unspecified atom stereocenters. The van der Waals surface area contributed by atoms with E-state index < -0.39 is 5.41 Å². The van der Waals surface area contributed by atoms with Crippen LogP contribution < -0.4 is 10.1 Å².